The van der Waals surface area contributed by atoms with E-state index in [1.54, 1.807) is 12.1 Å². The van der Waals surface area contributed by atoms with Crippen molar-refractivity contribution in [2.24, 2.45) is 0 Å². The van der Waals surface area contributed by atoms with Gasteiger partial charge in [0.15, 0.2) is 0 Å². The van der Waals surface area contributed by atoms with Gasteiger partial charge in [0.05, 0.1) is 22.1 Å². The average molecular weight is 1220 g/mol. The van der Waals surface area contributed by atoms with Crippen molar-refractivity contribution in [3.63, 3.8) is 0 Å². The van der Waals surface area contributed by atoms with Crippen LogP contribution in [0.1, 0.15) is 0 Å². The van der Waals surface area contributed by atoms with Gasteiger partial charge >= 0.3 is 7.12 Å². The summed E-state index contributed by atoms with van der Waals surface area (Å²) in [5.74, 6) is 0. The molecular weight excluding hydrogens is 1160 g/mol. The summed E-state index contributed by atoms with van der Waals surface area (Å²) in [6, 6.07) is 116. The molecule has 0 aliphatic rings. The highest BCUT2D eigenvalue weighted by Gasteiger charge is 2.17. The molecule has 0 saturated carbocycles. The number of rotatable bonds is 6. The Labute approximate surface area is 529 Å². The van der Waals surface area contributed by atoms with Gasteiger partial charge in [-0.05, 0) is 182 Å². The number of para-hydroxylation sites is 4. The van der Waals surface area contributed by atoms with Gasteiger partial charge in [-0.25, -0.2) is 0 Å². The van der Waals surface area contributed by atoms with E-state index in [0.717, 1.165) is 21.3 Å². The Hall–Kier alpha value is -10.9. The maximum Gasteiger partial charge on any atom is 0.488 e. The summed E-state index contributed by atoms with van der Waals surface area (Å²) in [6.07, 6.45) is 0. The smallest absolute Gasteiger partial charge is 0.423 e. The minimum Gasteiger partial charge on any atom is -0.423 e. The third-order valence-corrected chi connectivity index (χ3v) is 18.4. The van der Waals surface area contributed by atoms with Gasteiger partial charge in [-0.3, -0.25) is 0 Å². The molecule has 16 aromatic carbocycles. The lowest BCUT2D eigenvalue weighted by molar-refractivity contribution is 0.426. The predicted molar refractivity (Wildman–Crippen MR) is 387 cm³/mol. The van der Waals surface area contributed by atoms with Gasteiger partial charge in [-0.15, -0.1) is 0 Å². The molecule has 2 aromatic heterocycles. The average Bonchev–Trinajstić information content (AvgIpc) is 1.24. The molecule has 0 radical (unpaired) electrons. The Bertz CT molecular complexity index is 5690. The molecular formula is C84H56BBrN2O2. The van der Waals surface area contributed by atoms with Crippen LogP contribution in [0.3, 0.4) is 0 Å². The van der Waals surface area contributed by atoms with E-state index in [9.17, 15) is 10.0 Å². The first-order valence-corrected chi connectivity index (χ1v) is 31.3. The van der Waals surface area contributed by atoms with Crippen molar-refractivity contribution in [1.29, 1.82) is 0 Å². The third kappa shape index (κ3) is 9.66. The van der Waals surface area contributed by atoms with Crippen molar-refractivity contribution in [2.75, 3.05) is 0 Å². The Morgan fingerprint density at radius 3 is 0.867 bits per heavy atom. The Balaban J connectivity index is 0.000000118. The lowest BCUT2D eigenvalue weighted by atomic mass is 9.80. The molecule has 0 bridgehead atoms. The number of halogens is 1. The van der Waals surface area contributed by atoms with Crippen molar-refractivity contribution >= 4 is 137 Å². The molecule has 18 aromatic rings. The first-order valence-electron chi connectivity index (χ1n) is 30.5. The van der Waals surface area contributed by atoms with Crippen molar-refractivity contribution in [2.45, 2.75) is 0 Å². The molecule has 0 spiro atoms. The van der Waals surface area contributed by atoms with Crippen LogP contribution in [0.4, 0.5) is 0 Å². The second-order valence-electron chi connectivity index (χ2n) is 23.0. The van der Waals surface area contributed by atoms with Crippen molar-refractivity contribution < 1.29 is 10.0 Å². The molecule has 0 amide bonds. The molecule has 2 N–H and O–H groups in total. The minimum atomic E-state index is -1.44. The van der Waals surface area contributed by atoms with Crippen LogP contribution in [0.25, 0.3) is 153 Å². The van der Waals surface area contributed by atoms with E-state index in [1.807, 2.05) is 18.2 Å². The highest BCUT2D eigenvalue weighted by Crippen LogP contribution is 2.41. The Morgan fingerprint density at radius 1 is 0.211 bits per heavy atom. The zero-order chi connectivity index (χ0) is 60.2. The highest BCUT2D eigenvalue weighted by atomic mass is 79.9. The lowest BCUT2D eigenvalue weighted by Gasteiger charge is -2.12. The Kier molecular flexibility index (Phi) is 13.9. The van der Waals surface area contributed by atoms with Crippen LogP contribution in [-0.2, 0) is 0 Å². The van der Waals surface area contributed by atoms with Crippen LogP contribution < -0.4 is 5.46 Å². The van der Waals surface area contributed by atoms with Crippen LogP contribution in [0, 0.1) is 0 Å². The highest BCUT2D eigenvalue weighted by molar-refractivity contribution is 9.10. The zero-order valence-corrected chi connectivity index (χ0v) is 50.5. The molecule has 0 fully saturated rings. The van der Waals surface area contributed by atoms with Crippen LogP contribution >= 0.6 is 15.9 Å². The molecule has 424 valence electrons. The van der Waals surface area contributed by atoms with Gasteiger partial charge in [0, 0.05) is 37.4 Å². The predicted octanol–water partition coefficient (Wildman–Crippen LogP) is 21.6. The monoisotopic (exact) mass is 1210 g/mol. The number of hydrogen-bond donors (Lipinski definition) is 2. The molecule has 90 heavy (non-hydrogen) atoms. The molecule has 6 heteroatoms. The molecule has 4 nitrogen and oxygen atoms in total. The number of benzene rings is 16. The normalized spacial score (nSPS) is 11.5. The molecule has 0 unspecified atom stereocenters. The van der Waals surface area contributed by atoms with E-state index >= 15 is 0 Å². The molecule has 0 saturated heterocycles. The van der Waals surface area contributed by atoms with Crippen molar-refractivity contribution in [1.82, 2.24) is 9.13 Å². The summed E-state index contributed by atoms with van der Waals surface area (Å²) < 4.78 is 5.78. The number of nitrogens with zero attached hydrogens (tertiary/aromatic N) is 2. The fourth-order valence-corrected chi connectivity index (χ4v) is 14.0. The molecule has 18 rings (SSSR count). The van der Waals surface area contributed by atoms with Crippen LogP contribution in [-0.4, -0.2) is 26.3 Å². The summed E-state index contributed by atoms with van der Waals surface area (Å²) in [6.45, 7) is 0. The Morgan fingerprint density at radius 2 is 0.478 bits per heavy atom. The van der Waals surface area contributed by atoms with Gasteiger partial charge in [-0.1, -0.05) is 265 Å². The van der Waals surface area contributed by atoms with Gasteiger partial charge in [-0.2, -0.15) is 0 Å². The summed E-state index contributed by atoms with van der Waals surface area (Å²) in [4.78, 5) is 0. The van der Waals surface area contributed by atoms with Crippen LogP contribution in [0.15, 0.2) is 332 Å². The first-order chi connectivity index (χ1) is 44.4. The third-order valence-electron chi connectivity index (χ3n) is 17.9. The summed E-state index contributed by atoms with van der Waals surface area (Å²) >= 11 is 3.58. The van der Waals surface area contributed by atoms with Gasteiger partial charge in [0.1, 0.15) is 0 Å². The summed E-state index contributed by atoms with van der Waals surface area (Å²) in [5, 5.41) is 39.3. The van der Waals surface area contributed by atoms with Crippen LogP contribution in [0.5, 0.6) is 0 Å². The second kappa shape index (κ2) is 23.0. The summed E-state index contributed by atoms with van der Waals surface area (Å²) in [7, 11) is -1.44. The number of hydrogen-bond acceptors (Lipinski definition) is 2. The van der Waals surface area contributed by atoms with Crippen LogP contribution in [0.2, 0.25) is 0 Å². The fourth-order valence-electron chi connectivity index (χ4n) is 13.7. The number of aromatic nitrogens is 2. The molecule has 0 aliphatic carbocycles. The van der Waals surface area contributed by atoms with Gasteiger partial charge in [0.2, 0.25) is 0 Å². The quantitative estimate of drug-likeness (QED) is 0.129. The number of fused-ring (bicyclic) bond motifs is 18. The second-order valence-corrected chi connectivity index (χ2v) is 24.0. The van der Waals surface area contributed by atoms with E-state index in [2.05, 4.69) is 322 Å². The maximum atomic E-state index is 9.31. The van der Waals surface area contributed by atoms with E-state index in [-0.39, 0.29) is 0 Å². The lowest BCUT2D eigenvalue weighted by Crippen LogP contribution is -2.29. The topological polar surface area (TPSA) is 50.3 Å². The zero-order valence-electron chi connectivity index (χ0n) is 48.9. The maximum absolute atomic E-state index is 9.31. The van der Waals surface area contributed by atoms with Crippen molar-refractivity contribution in [3.8, 4) is 44.8 Å². The molecule has 2 heterocycles. The standard InChI is InChI=1S/C42H27N.C24H18BNO2.C18H11Br/c1-2-10-32(11-3-1)43-41-17-9-8-16-38(41)40-27-31(23-25-42(40)43)29-20-18-28(19-21-29)30-22-24-37-35-14-5-4-12-33(35)34-13-6-7-15-36(34)39(37)26-30;27-25(28)19-13-10-17(11-14-19)18-12-15-24-22(16-18)21-8-4-5-9-23(21)26(24)20-6-2-1-3-7-20;19-12-9-10-17-15-7-2-1-5-13(15)14-6-3-4-8-16(14)18(17)11-12/h1-27H;1-16,27-28H;1-11H. The largest absolute Gasteiger partial charge is 0.488 e. The minimum absolute atomic E-state index is 0.491. The first kappa shape index (κ1) is 54.5. The van der Waals surface area contributed by atoms with Crippen molar-refractivity contribution in [3.05, 3.63) is 332 Å². The fraction of sp³-hybridized carbons (Fsp3) is 0. The van der Waals surface area contributed by atoms with Gasteiger partial charge < -0.3 is 19.2 Å². The summed E-state index contributed by atoms with van der Waals surface area (Å²) in [5.41, 5.74) is 14.7. The van der Waals surface area contributed by atoms with E-state index < -0.39 is 7.12 Å². The molecule has 0 aliphatic heterocycles. The van der Waals surface area contributed by atoms with E-state index in [1.165, 1.54) is 136 Å². The SMILES string of the molecule is Brc1ccc2c3ccccc3c3ccccc3c2c1.OB(O)c1ccc(-c2ccc3c(c2)c2ccccc2n3-c2ccccc2)cc1.c1ccc(-n2c3ccccc3c3cc(-c4ccc(-c5ccc6c7ccccc7c7ccccc7c6c5)cc4)ccc32)cc1. The van der Waals surface area contributed by atoms with Gasteiger partial charge in [0.25, 0.3) is 0 Å². The van der Waals surface area contributed by atoms with E-state index in [4.69, 9.17) is 0 Å². The van der Waals surface area contributed by atoms with E-state index in [0.29, 0.717) is 5.46 Å². The molecule has 0 atom stereocenters.